The van der Waals surface area contributed by atoms with Gasteiger partial charge in [0.2, 0.25) is 0 Å². The number of ether oxygens (including phenoxy) is 2. The summed E-state index contributed by atoms with van der Waals surface area (Å²) in [5.41, 5.74) is 2.27. The number of aryl methyl sites for hydroxylation is 2. The average Bonchev–Trinajstić information content (AvgIpc) is 3.36. The lowest BCUT2D eigenvalue weighted by molar-refractivity contribution is -0.0816. The Morgan fingerprint density at radius 3 is 2.93 bits per heavy atom. The average molecular weight is 386 g/mol. The van der Waals surface area contributed by atoms with Crippen LogP contribution >= 0.6 is 0 Å². The molecule has 0 bridgehead atoms. The monoisotopic (exact) mass is 385 g/mol. The molecular formula is C21H31N5O2. The van der Waals surface area contributed by atoms with Crippen LogP contribution in [-0.4, -0.2) is 72.5 Å². The van der Waals surface area contributed by atoms with Crippen molar-refractivity contribution in [2.75, 3.05) is 39.9 Å². The molecule has 0 radical (unpaired) electrons. The van der Waals surface area contributed by atoms with Crippen molar-refractivity contribution < 1.29 is 9.47 Å². The maximum atomic E-state index is 5.96. The fourth-order valence-corrected chi connectivity index (χ4v) is 4.24. The predicted octanol–water partition coefficient (Wildman–Crippen LogP) is 2.19. The fraction of sp³-hybridized carbons (Fsp3) is 0.619. The lowest BCUT2D eigenvalue weighted by atomic mass is 10.1. The van der Waals surface area contributed by atoms with Crippen LogP contribution in [0.3, 0.4) is 0 Å². The summed E-state index contributed by atoms with van der Waals surface area (Å²) in [6, 6.07) is 8.32. The highest BCUT2D eigenvalue weighted by Crippen LogP contribution is 2.21. The van der Waals surface area contributed by atoms with E-state index in [0.29, 0.717) is 0 Å². The quantitative estimate of drug-likeness (QED) is 0.486. The zero-order chi connectivity index (χ0) is 19.3. The highest BCUT2D eigenvalue weighted by Gasteiger charge is 2.32. The van der Waals surface area contributed by atoms with Crippen molar-refractivity contribution in [3.8, 4) is 0 Å². The van der Waals surface area contributed by atoms with Crippen LogP contribution in [0.4, 0.5) is 0 Å². The highest BCUT2D eigenvalue weighted by atomic mass is 16.5. The van der Waals surface area contributed by atoms with Gasteiger partial charge in [-0.15, -0.1) is 0 Å². The number of guanidine groups is 1. The van der Waals surface area contributed by atoms with Crippen molar-refractivity contribution in [2.45, 2.75) is 44.9 Å². The Kier molecular flexibility index (Phi) is 6.12. The first-order valence-corrected chi connectivity index (χ1v) is 10.4. The van der Waals surface area contributed by atoms with Gasteiger partial charge in [-0.3, -0.25) is 4.99 Å². The maximum Gasteiger partial charge on any atom is 0.193 e. The Morgan fingerprint density at radius 2 is 2.11 bits per heavy atom. The van der Waals surface area contributed by atoms with E-state index in [4.69, 9.17) is 9.47 Å². The van der Waals surface area contributed by atoms with E-state index < -0.39 is 0 Å². The second-order valence-electron chi connectivity index (χ2n) is 7.53. The SMILES string of the molecule is CN=C(NCCCn1c(C)nc2ccccc21)N1CCOC(C2CCCO2)C1. The van der Waals surface area contributed by atoms with Crippen LogP contribution in [0.2, 0.25) is 0 Å². The third-order valence-corrected chi connectivity index (χ3v) is 5.67. The van der Waals surface area contributed by atoms with E-state index in [1.54, 1.807) is 0 Å². The number of para-hydroxylation sites is 2. The Morgan fingerprint density at radius 1 is 1.25 bits per heavy atom. The topological polar surface area (TPSA) is 63.9 Å². The number of aliphatic imine (C=N–C) groups is 1. The summed E-state index contributed by atoms with van der Waals surface area (Å²) in [5, 5.41) is 3.53. The minimum Gasteiger partial charge on any atom is -0.375 e. The van der Waals surface area contributed by atoms with Crippen LogP contribution in [0.25, 0.3) is 11.0 Å². The number of imidazole rings is 1. The largest absolute Gasteiger partial charge is 0.375 e. The molecule has 2 aliphatic heterocycles. The molecule has 0 saturated carbocycles. The summed E-state index contributed by atoms with van der Waals surface area (Å²) in [5.74, 6) is 2.02. The zero-order valence-corrected chi connectivity index (χ0v) is 16.9. The van der Waals surface area contributed by atoms with Crippen LogP contribution in [-0.2, 0) is 16.0 Å². The third kappa shape index (κ3) is 4.15. The van der Waals surface area contributed by atoms with Gasteiger partial charge in [0.15, 0.2) is 5.96 Å². The van der Waals surface area contributed by atoms with E-state index >= 15 is 0 Å². The normalized spacial score (nSPS) is 23.5. The molecular weight excluding hydrogens is 354 g/mol. The molecule has 2 aromatic rings. The minimum absolute atomic E-state index is 0.148. The van der Waals surface area contributed by atoms with Crippen LogP contribution < -0.4 is 5.32 Å². The number of hydrogen-bond donors (Lipinski definition) is 1. The molecule has 4 rings (SSSR count). The Bertz CT molecular complexity index is 812. The molecule has 1 aromatic heterocycles. The van der Waals surface area contributed by atoms with E-state index in [2.05, 4.69) is 49.9 Å². The van der Waals surface area contributed by atoms with Gasteiger partial charge in [-0.2, -0.15) is 0 Å². The molecule has 0 aliphatic carbocycles. The number of nitrogens with zero attached hydrogens (tertiary/aromatic N) is 4. The lowest BCUT2D eigenvalue weighted by Gasteiger charge is -2.37. The van der Waals surface area contributed by atoms with Crippen molar-refractivity contribution in [3.05, 3.63) is 30.1 Å². The second-order valence-corrected chi connectivity index (χ2v) is 7.53. The summed E-state index contributed by atoms with van der Waals surface area (Å²) < 4.78 is 14.1. The van der Waals surface area contributed by atoms with E-state index in [9.17, 15) is 0 Å². The number of nitrogens with one attached hydrogen (secondary N) is 1. The molecule has 7 nitrogen and oxygen atoms in total. The van der Waals surface area contributed by atoms with Crippen LogP contribution in [0.15, 0.2) is 29.3 Å². The Labute approximate surface area is 166 Å². The molecule has 3 heterocycles. The standard InChI is InChI=1S/C21H31N5O2/c1-16-24-17-7-3-4-8-18(17)26(16)11-6-10-23-21(22-2)25-12-14-28-20(15-25)19-9-5-13-27-19/h3-4,7-8,19-20H,5-6,9-15H2,1-2H3,(H,22,23). The minimum atomic E-state index is 0.148. The number of rotatable bonds is 5. The molecule has 1 aromatic carbocycles. The molecule has 2 fully saturated rings. The predicted molar refractivity (Wildman–Crippen MR) is 111 cm³/mol. The molecule has 28 heavy (non-hydrogen) atoms. The number of hydrogen-bond acceptors (Lipinski definition) is 4. The van der Waals surface area contributed by atoms with Crippen molar-refractivity contribution in [1.82, 2.24) is 19.8 Å². The van der Waals surface area contributed by atoms with Gasteiger partial charge in [-0.1, -0.05) is 12.1 Å². The summed E-state index contributed by atoms with van der Waals surface area (Å²) in [4.78, 5) is 11.4. The number of fused-ring (bicyclic) bond motifs is 1. The Hall–Kier alpha value is -2.12. The van der Waals surface area contributed by atoms with Gasteiger partial charge in [-0.05, 0) is 38.3 Å². The molecule has 0 amide bonds. The van der Waals surface area contributed by atoms with Crippen molar-refractivity contribution in [1.29, 1.82) is 0 Å². The van der Waals surface area contributed by atoms with Crippen molar-refractivity contribution >= 4 is 17.0 Å². The maximum absolute atomic E-state index is 5.96. The number of aromatic nitrogens is 2. The highest BCUT2D eigenvalue weighted by molar-refractivity contribution is 5.80. The smallest absolute Gasteiger partial charge is 0.193 e. The molecule has 2 aliphatic rings. The first kappa shape index (κ1) is 19.2. The van der Waals surface area contributed by atoms with Gasteiger partial charge in [0.05, 0.1) is 23.7 Å². The molecule has 152 valence electrons. The van der Waals surface area contributed by atoms with Gasteiger partial charge >= 0.3 is 0 Å². The lowest BCUT2D eigenvalue weighted by Crippen LogP contribution is -2.53. The molecule has 7 heteroatoms. The third-order valence-electron chi connectivity index (χ3n) is 5.67. The fourth-order valence-electron chi connectivity index (χ4n) is 4.24. The summed E-state index contributed by atoms with van der Waals surface area (Å²) in [6.07, 6.45) is 3.63. The first-order chi connectivity index (χ1) is 13.8. The molecule has 2 unspecified atom stereocenters. The number of morpholine rings is 1. The molecule has 0 spiro atoms. The first-order valence-electron chi connectivity index (χ1n) is 10.4. The van der Waals surface area contributed by atoms with Gasteiger partial charge in [-0.25, -0.2) is 4.98 Å². The zero-order valence-electron chi connectivity index (χ0n) is 16.9. The summed E-state index contributed by atoms with van der Waals surface area (Å²) in [6.45, 7) is 7.19. The second kappa shape index (κ2) is 8.92. The van der Waals surface area contributed by atoms with Crippen LogP contribution in [0.5, 0.6) is 0 Å². The van der Waals surface area contributed by atoms with Gasteiger partial charge in [0.1, 0.15) is 11.9 Å². The van der Waals surface area contributed by atoms with Crippen molar-refractivity contribution in [3.63, 3.8) is 0 Å². The van der Waals surface area contributed by atoms with Crippen LogP contribution in [0, 0.1) is 6.92 Å². The van der Waals surface area contributed by atoms with E-state index in [0.717, 1.165) is 76.0 Å². The molecule has 2 saturated heterocycles. The van der Waals surface area contributed by atoms with Gasteiger partial charge in [0, 0.05) is 39.8 Å². The molecule has 2 atom stereocenters. The van der Waals surface area contributed by atoms with Gasteiger partial charge in [0.25, 0.3) is 0 Å². The molecule has 1 N–H and O–H groups in total. The van der Waals surface area contributed by atoms with E-state index in [1.165, 1.54) is 5.52 Å². The van der Waals surface area contributed by atoms with E-state index in [1.807, 2.05) is 13.1 Å². The number of benzene rings is 1. The van der Waals surface area contributed by atoms with Crippen molar-refractivity contribution in [2.24, 2.45) is 4.99 Å². The summed E-state index contributed by atoms with van der Waals surface area (Å²) in [7, 11) is 1.85. The van der Waals surface area contributed by atoms with Crippen LogP contribution in [0.1, 0.15) is 25.1 Å². The summed E-state index contributed by atoms with van der Waals surface area (Å²) >= 11 is 0. The van der Waals surface area contributed by atoms with Gasteiger partial charge < -0.3 is 24.3 Å². The Balaban J connectivity index is 1.29. The van der Waals surface area contributed by atoms with E-state index in [-0.39, 0.29) is 12.2 Å².